The van der Waals surface area contributed by atoms with Crippen LogP contribution in [0.3, 0.4) is 0 Å². The summed E-state index contributed by atoms with van der Waals surface area (Å²) in [6.45, 7) is 0. The molecule has 0 unspecified atom stereocenters. The number of hydrogen-bond acceptors (Lipinski definition) is 4. The molecule has 1 saturated carbocycles. The van der Waals surface area contributed by atoms with E-state index < -0.39 is 11.6 Å². The van der Waals surface area contributed by atoms with Crippen LogP contribution in [0.4, 0.5) is 14.5 Å². The zero-order valence-corrected chi connectivity index (χ0v) is 9.48. The molecule has 1 heterocycles. The van der Waals surface area contributed by atoms with Crippen molar-refractivity contribution in [2.75, 3.05) is 5.73 Å². The molecule has 1 fully saturated rings. The van der Waals surface area contributed by atoms with Crippen LogP contribution in [0, 0.1) is 11.6 Å². The third kappa shape index (κ3) is 1.62. The van der Waals surface area contributed by atoms with Crippen LogP contribution in [0.1, 0.15) is 25.3 Å². The van der Waals surface area contributed by atoms with E-state index in [4.69, 9.17) is 5.73 Å². The number of nitrogens with zero attached hydrogens (tertiary/aromatic N) is 4. The summed E-state index contributed by atoms with van der Waals surface area (Å²) >= 11 is 0. The highest BCUT2D eigenvalue weighted by molar-refractivity contribution is 5.71. The first kappa shape index (κ1) is 11.1. The van der Waals surface area contributed by atoms with Gasteiger partial charge in [-0.1, -0.05) is 0 Å². The summed E-state index contributed by atoms with van der Waals surface area (Å²) in [4.78, 5) is 0. The van der Waals surface area contributed by atoms with Crippen LogP contribution >= 0.6 is 0 Å². The summed E-state index contributed by atoms with van der Waals surface area (Å²) in [6, 6.07) is 2.21. The fourth-order valence-electron chi connectivity index (χ4n) is 2.00. The monoisotopic (exact) mass is 251 g/mol. The van der Waals surface area contributed by atoms with Crippen LogP contribution in [-0.2, 0) is 0 Å². The summed E-state index contributed by atoms with van der Waals surface area (Å²) in [6.07, 6.45) is 3.10. The zero-order valence-electron chi connectivity index (χ0n) is 9.48. The van der Waals surface area contributed by atoms with E-state index in [9.17, 15) is 8.78 Å². The van der Waals surface area contributed by atoms with Gasteiger partial charge in [0, 0.05) is 17.3 Å². The number of hydrogen-bond donors (Lipinski definition) is 1. The van der Waals surface area contributed by atoms with Crippen LogP contribution < -0.4 is 5.73 Å². The maximum atomic E-state index is 13.3. The number of anilines is 1. The second-order valence-corrected chi connectivity index (χ2v) is 4.39. The van der Waals surface area contributed by atoms with Crippen LogP contribution in [0.2, 0.25) is 0 Å². The summed E-state index contributed by atoms with van der Waals surface area (Å²) < 4.78 is 27.9. The van der Waals surface area contributed by atoms with Crippen molar-refractivity contribution in [2.24, 2.45) is 0 Å². The van der Waals surface area contributed by atoms with Gasteiger partial charge in [-0.2, -0.15) is 0 Å². The number of nitrogen functional groups attached to an aromatic ring is 1. The van der Waals surface area contributed by atoms with E-state index in [-0.39, 0.29) is 11.7 Å². The average molecular weight is 251 g/mol. The second-order valence-electron chi connectivity index (χ2n) is 4.39. The lowest BCUT2D eigenvalue weighted by atomic mass is 9.93. The van der Waals surface area contributed by atoms with Gasteiger partial charge in [0.05, 0.1) is 6.04 Å². The fourth-order valence-corrected chi connectivity index (χ4v) is 2.00. The summed E-state index contributed by atoms with van der Waals surface area (Å²) in [5.41, 5.74) is 6.15. The third-order valence-electron chi connectivity index (χ3n) is 3.25. The van der Waals surface area contributed by atoms with E-state index in [1.54, 1.807) is 4.68 Å². The minimum atomic E-state index is -0.973. The van der Waals surface area contributed by atoms with E-state index in [1.807, 2.05) is 0 Å². The Bertz CT molecular complexity index is 591. The molecule has 1 aliphatic rings. The van der Waals surface area contributed by atoms with Crippen molar-refractivity contribution in [3.8, 4) is 11.4 Å². The zero-order chi connectivity index (χ0) is 12.7. The largest absolute Gasteiger partial charge is 0.398 e. The molecule has 0 spiro atoms. The number of tetrazole rings is 1. The maximum absolute atomic E-state index is 13.3. The highest BCUT2D eigenvalue weighted by atomic mass is 19.2. The van der Waals surface area contributed by atoms with Crippen LogP contribution in [0.25, 0.3) is 11.4 Å². The molecule has 0 atom stereocenters. The van der Waals surface area contributed by atoms with Gasteiger partial charge < -0.3 is 5.73 Å². The molecule has 0 aliphatic heterocycles. The molecule has 0 saturated heterocycles. The molecule has 1 aromatic carbocycles. The minimum Gasteiger partial charge on any atom is -0.398 e. The highest BCUT2D eigenvalue weighted by Gasteiger charge is 2.25. The molecule has 3 rings (SSSR count). The average Bonchev–Trinajstić information content (AvgIpc) is 2.70. The molecule has 18 heavy (non-hydrogen) atoms. The predicted molar refractivity (Wildman–Crippen MR) is 60.5 cm³/mol. The maximum Gasteiger partial charge on any atom is 0.184 e. The number of benzene rings is 1. The van der Waals surface area contributed by atoms with Crippen molar-refractivity contribution in [1.29, 1.82) is 0 Å². The smallest absolute Gasteiger partial charge is 0.184 e. The van der Waals surface area contributed by atoms with Gasteiger partial charge in [0.1, 0.15) is 0 Å². The summed E-state index contributed by atoms with van der Waals surface area (Å²) in [7, 11) is 0. The van der Waals surface area contributed by atoms with E-state index >= 15 is 0 Å². The standard InChI is InChI=1S/C11H11F2N5/c12-8-4-7(10(14)5-9(8)13)11-15-16-17-18(11)6-2-1-3-6/h4-6H,1-3,14H2. The third-order valence-corrected chi connectivity index (χ3v) is 3.25. The lowest BCUT2D eigenvalue weighted by molar-refractivity contribution is 0.287. The predicted octanol–water partition coefficient (Wildman–Crippen LogP) is 1.93. The van der Waals surface area contributed by atoms with Gasteiger partial charge in [-0.05, 0) is 35.8 Å². The first-order valence-electron chi connectivity index (χ1n) is 5.69. The quantitative estimate of drug-likeness (QED) is 0.828. The fraction of sp³-hybridized carbons (Fsp3) is 0.364. The Kier molecular flexibility index (Phi) is 2.46. The Morgan fingerprint density at radius 1 is 1.22 bits per heavy atom. The van der Waals surface area contributed by atoms with E-state index in [1.165, 1.54) is 0 Å². The Labute approximate surface area is 102 Å². The molecular formula is C11H11F2N5. The van der Waals surface area contributed by atoms with Gasteiger partial charge in [0.2, 0.25) is 0 Å². The second kappa shape index (κ2) is 4.01. The number of rotatable bonds is 2. The molecule has 1 aliphatic carbocycles. The molecule has 0 amide bonds. The SMILES string of the molecule is Nc1cc(F)c(F)cc1-c1nnnn1C1CCC1. The Balaban J connectivity index is 2.09. The van der Waals surface area contributed by atoms with Gasteiger partial charge in [-0.25, -0.2) is 13.5 Å². The van der Waals surface area contributed by atoms with Gasteiger partial charge in [0.25, 0.3) is 0 Å². The van der Waals surface area contributed by atoms with E-state index in [2.05, 4.69) is 15.5 Å². The van der Waals surface area contributed by atoms with Gasteiger partial charge >= 0.3 is 0 Å². The molecule has 2 N–H and O–H groups in total. The summed E-state index contributed by atoms with van der Waals surface area (Å²) in [5.74, 6) is -1.54. The van der Waals surface area contributed by atoms with Crippen LogP contribution in [-0.4, -0.2) is 20.2 Å². The van der Waals surface area contributed by atoms with Crippen molar-refractivity contribution < 1.29 is 8.78 Å². The van der Waals surface area contributed by atoms with Crippen LogP contribution in [0.15, 0.2) is 12.1 Å². The number of aromatic nitrogens is 4. The lowest BCUT2D eigenvalue weighted by Crippen LogP contribution is -2.19. The van der Waals surface area contributed by atoms with Crippen molar-refractivity contribution in [1.82, 2.24) is 20.2 Å². The summed E-state index contributed by atoms with van der Waals surface area (Å²) in [5, 5.41) is 11.3. The molecular weight excluding hydrogens is 240 g/mol. The molecule has 0 radical (unpaired) electrons. The molecule has 7 heteroatoms. The first-order valence-corrected chi connectivity index (χ1v) is 5.69. The Morgan fingerprint density at radius 2 is 1.94 bits per heavy atom. The normalized spacial score (nSPS) is 15.7. The molecule has 1 aromatic heterocycles. The van der Waals surface area contributed by atoms with Crippen molar-refractivity contribution in [2.45, 2.75) is 25.3 Å². The minimum absolute atomic E-state index is 0.129. The van der Waals surface area contributed by atoms with Crippen molar-refractivity contribution in [3.05, 3.63) is 23.8 Å². The van der Waals surface area contributed by atoms with Gasteiger partial charge in [0.15, 0.2) is 17.5 Å². The number of halogens is 2. The van der Waals surface area contributed by atoms with Crippen molar-refractivity contribution >= 4 is 5.69 Å². The number of nitrogens with two attached hydrogens (primary N) is 1. The lowest BCUT2D eigenvalue weighted by Gasteiger charge is -2.26. The highest BCUT2D eigenvalue weighted by Crippen LogP contribution is 2.35. The molecule has 0 bridgehead atoms. The molecule has 5 nitrogen and oxygen atoms in total. The van der Waals surface area contributed by atoms with Gasteiger partial charge in [-0.3, -0.25) is 0 Å². The van der Waals surface area contributed by atoms with Crippen molar-refractivity contribution in [3.63, 3.8) is 0 Å². The molecule has 2 aromatic rings. The Hall–Kier alpha value is -2.05. The molecule has 94 valence electrons. The first-order chi connectivity index (χ1) is 8.66. The van der Waals surface area contributed by atoms with Crippen LogP contribution in [0.5, 0.6) is 0 Å². The van der Waals surface area contributed by atoms with E-state index in [0.717, 1.165) is 31.4 Å². The topological polar surface area (TPSA) is 69.6 Å². The van der Waals surface area contributed by atoms with Gasteiger partial charge in [-0.15, -0.1) is 5.10 Å². The van der Waals surface area contributed by atoms with E-state index in [0.29, 0.717) is 11.4 Å². The Morgan fingerprint density at radius 3 is 2.61 bits per heavy atom.